The molecule has 0 unspecified atom stereocenters. The van der Waals surface area contributed by atoms with Gasteiger partial charge in [0, 0.05) is 36.3 Å². The topological polar surface area (TPSA) is 86.0 Å². The van der Waals surface area contributed by atoms with Crippen LogP contribution in [-0.2, 0) is 17.8 Å². The normalized spacial score (nSPS) is 10.5. The van der Waals surface area contributed by atoms with Crippen LogP contribution in [0.1, 0.15) is 23.2 Å². The summed E-state index contributed by atoms with van der Waals surface area (Å²) in [4.78, 5) is 41.6. The van der Waals surface area contributed by atoms with Crippen LogP contribution in [0.5, 0.6) is 0 Å². The number of amides is 1. The third-order valence-electron chi connectivity index (χ3n) is 3.86. The van der Waals surface area contributed by atoms with E-state index in [9.17, 15) is 18.8 Å². The average molecular weight is 345 g/mol. The summed E-state index contributed by atoms with van der Waals surface area (Å²) >= 11 is 0. The standard InChI is InChI=1S/C18H20FN3O3/c1-3-10-22(11-13-6-4-5-7-15(13)19)16(23)9-8-14-12(2)20-18(25)21-17(14)24/h3-7H,1,8-11H2,2H3,(H2,20,21,24,25). The van der Waals surface area contributed by atoms with Crippen LogP contribution >= 0.6 is 0 Å². The lowest BCUT2D eigenvalue weighted by Crippen LogP contribution is -2.32. The quantitative estimate of drug-likeness (QED) is 0.748. The van der Waals surface area contributed by atoms with E-state index in [-0.39, 0.29) is 37.7 Å². The lowest BCUT2D eigenvalue weighted by molar-refractivity contribution is -0.131. The highest BCUT2D eigenvalue weighted by Gasteiger charge is 2.16. The maximum Gasteiger partial charge on any atom is 0.325 e. The van der Waals surface area contributed by atoms with Crippen molar-refractivity contribution in [2.75, 3.05) is 6.54 Å². The number of nitrogens with one attached hydrogen (secondary N) is 2. The van der Waals surface area contributed by atoms with Crippen LogP contribution in [0.15, 0.2) is 46.5 Å². The molecule has 7 heteroatoms. The van der Waals surface area contributed by atoms with Gasteiger partial charge < -0.3 is 9.88 Å². The van der Waals surface area contributed by atoms with Gasteiger partial charge in [0.05, 0.1) is 0 Å². The van der Waals surface area contributed by atoms with Gasteiger partial charge in [-0.3, -0.25) is 14.6 Å². The van der Waals surface area contributed by atoms with Gasteiger partial charge in [-0.15, -0.1) is 6.58 Å². The lowest BCUT2D eigenvalue weighted by atomic mass is 10.1. The van der Waals surface area contributed by atoms with Crippen molar-refractivity contribution in [3.63, 3.8) is 0 Å². The summed E-state index contributed by atoms with van der Waals surface area (Å²) in [6, 6.07) is 6.26. The van der Waals surface area contributed by atoms with E-state index in [2.05, 4.69) is 16.5 Å². The van der Waals surface area contributed by atoms with Crippen molar-refractivity contribution in [2.24, 2.45) is 0 Å². The maximum absolute atomic E-state index is 13.8. The average Bonchev–Trinajstić information content (AvgIpc) is 2.55. The molecule has 0 bridgehead atoms. The zero-order chi connectivity index (χ0) is 18.4. The molecule has 0 saturated carbocycles. The predicted octanol–water partition coefficient (Wildman–Crippen LogP) is 1.66. The number of aryl methyl sites for hydroxylation is 1. The number of rotatable bonds is 7. The molecule has 25 heavy (non-hydrogen) atoms. The summed E-state index contributed by atoms with van der Waals surface area (Å²) in [6.45, 7) is 5.62. The van der Waals surface area contributed by atoms with E-state index in [1.165, 1.54) is 11.0 Å². The molecule has 0 aliphatic carbocycles. The Balaban J connectivity index is 2.11. The molecule has 0 radical (unpaired) electrons. The third-order valence-corrected chi connectivity index (χ3v) is 3.86. The van der Waals surface area contributed by atoms with Gasteiger partial charge in [0.15, 0.2) is 0 Å². The molecular weight excluding hydrogens is 325 g/mol. The number of carbonyl (C=O) groups is 1. The Kier molecular flexibility index (Phi) is 6.05. The van der Waals surface area contributed by atoms with Gasteiger partial charge in [-0.1, -0.05) is 24.3 Å². The van der Waals surface area contributed by atoms with Crippen molar-refractivity contribution >= 4 is 5.91 Å². The van der Waals surface area contributed by atoms with E-state index in [0.717, 1.165) is 0 Å². The van der Waals surface area contributed by atoms with E-state index < -0.39 is 11.2 Å². The fourth-order valence-electron chi connectivity index (χ4n) is 2.56. The first-order valence-corrected chi connectivity index (χ1v) is 7.86. The number of hydrogen-bond acceptors (Lipinski definition) is 3. The first-order valence-electron chi connectivity index (χ1n) is 7.86. The van der Waals surface area contributed by atoms with E-state index in [4.69, 9.17) is 0 Å². The van der Waals surface area contributed by atoms with E-state index >= 15 is 0 Å². The fraction of sp³-hybridized carbons (Fsp3) is 0.278. The maximum atomic E-state index is 13.8. The Morgan fingerprint density at radius 3 is 2.64 bits per heavy atom. The van der Waals surface area contributed by atoms with Crippen molar-refractivity contribution in [3.8, 4) is 0 Å². The molecule has 0 spiro atoms. The van der Waals surface area contributed by atoms with Gasteiger partial charge in [0.2, 0.25) is 5.91 Å². The second kappa shape index (κ2) is 8.23. The summed E-state index contributed by atoms with van der Waals surface area (Å²) in [6.07, 6.45) is 1.82. The highest BCUT2D eigenvalue weighted by molar-refractivity contribution is 5.76. The predicted molar refractivity (Wildman–Crippen MR) is 92.8 cm³/mol. The molecule has 0 fully saturated rings. The van der Waals surface area contributed by atoms with Crippen molar-refractivity contribution in [3.05, 3.63) is 80.4 Å². The van der Waals surface area contributed by atoms with Crippen LogP contribution in [0.25, 0.3) is 0 Å². The summed E-state index contributed by atoms with van der Waals surface area (Å²) in [5, 5.41) is 0. The van der Waals surface area contributed by atoms with Gasteiger partial charge in [-0.25, -0.2) is 9.18 Å². The molecule has 0 aliphatic heterocycles. The molecule has 1 amide bonds. The lowest BCUT2D eigenvalue weighted by Gasteiger charge is -2.21. The Hall–Kier alpha value is -2.96. The van der Waals surface area contributed by atoms with Gasteiger partial charge >= 0.3 is 5.69 Å². The molecule has 2 rings (SSSR count). The van der Waals surface area contributed by atoms with Crippen LogP contribution < -0.4 is 11.2 Å². The first-order chi connectivity index (χ1) is 11.9. The second-order valence-electron chi connectivity index (χ2n) is 5.67. The monoisotopic (exact) mass is 345 g/mol. The Labute approximate surface area is 144 Å². The molecule has 6 nitrogen and oxygen atoms in total. The van der Waals surface area contributed by atoms with Crippen molar-refractivity contribution < 1.29 is 9.18 Å². The number of hydrogen-bond donors (Lipinski definition) is 2. The smallest absolute Gasteiger partial charge is 0.325 e. The minimum absolute atomic E-state index is 0.0677. The summed E-state index contributed by atoms with van der Waals surface area (Å²) in [5.74, 6) is -0.606. The van der Waals surface area contributed by atoms with Crippen LogP contribution in [0.3, 0.4) is 0 Å². The van der Waals surface area contributed by atoms with Crippen molar-refractivity contribution in [2.45, 2.75) is 26.3 Å². The Morgan fingerprint density at radius 1 is 1.28 bits per heavy atom. The zero-order valence-corrected chi connectivity index (χ0v) is 14.0. The molecule has 1 heterocycles. The number of halogens is 1. The van der Waals surface area contributed by atoms with E-state index in [1.54, 1.807) is 31.2 Å². The largest absolute Gasteiger partial charge is 0.335 e. The Morgan fingerprint density at radius 2 is 2.00 bits per heavy atom. The SMILES string of the molecule is C=CCN(Cc1ccccc1F)C(=O)CCc1c(C)[nH]c(=O)[nH]c1=O. The van der Waals surface area contributed by atoms with Crippen LogP contribution in [-0.4, -0.2) is 27.3 Å². The molecule has 132 valence electrons. The molecule has 0 saturated heterocycles. The number of benzene rings is 1. The van der Waals surface area contributed by atoms with Crippen LogP contribution in [0, 0.1) is 12.7 Å². The van der Waals surface area contributed by atoms with Gasteiger partial charge in [0.1, 0.15) is 5.82 Å². The molecular formula is C18H20FN3O3. The van der Waals surface area contributed by atoms with E-state index in [1.807, 2.05) is 0 Å². The minimum Gasteiger partial charge on any atom is -0.335 e. The molecule has 0 aliphatic rings. The number of H-pyrrole nitrogens is 2. The van der Waals surface area contributed by atoms with Gasteiger partial charge in [-0.05, 0) is 19.4 Å². The number of carbonyl (C=O) groups excluding carboxylic acids is 1. The molecule has 1 aromatic heterocycles. The molecule has 2 N–H and O–H groups in total. The summed E-state index contributed by atoms with van der Waals surface area (Å²) in [5.41, 5.74) is 0.128. The molecule has 1 aromatic carbocycles. The highest BCUT2D eigenvalue weighted by Crippen LogP contribution is 2.12. The summed E-state index contributed by atoms with van der Waals surface area (Å²) in [7, 11) is 0. The first kappa shape index (κ1) is 18.4. The second-order valence-corrected chi connectivity index (χ2v) is 5.67. The molecule has 0 atom stereocenters. The fourth-order valence-corrected chi connectivity index (χ4v) is 2.56. The highest BCUT2D eigenvalue weighted by atomic mass is 19.1. The van der Waals surface area contributed by atoms with Gasteiger partial charge in [0.25, 0.3) is 5.56 Å². The Bertz CT molecular complexity index is 886. The third kappa shape index (κ3) is 4.76. The minimum atomic E-state index is -0.578. The zero-order valence-electron chi connectivity index (χ0n) is 14.0. The van der Waals surface area contributed by atoms with Gasteiger partial charge in [-0.2, -0.15) is 0 Å². The molecule has 2 aromatic rings. The number of aromatic amines is 2. The van der Waals surface area contributed by atoms with Crippen molar-refractivity contribution in [1.29, 1.82) is 0 Å². The summed E-state index contributed by atoms with van der Waals surface area (Å²) < 4.78 is 13.8. The van der Waals surface area contributed by atoms with Crippen molar-refractivity contribution in [1.82, 2.24) is 14.9 Å². The number of nitrogens with zero attached hydrogens (tertiary/aromatic N) is 1. The van der Waals surface area contributed by atoms with E-state index in [0.29, 0.717) is 16.8 Å². The van der Waals surface area contributed by atoms with Crippen LogP contribution in [0.4, 0.5) is 4.39 Å². The number of aromatic nitrogens is 2. The van der Waals surface area contributed by atoms with Crippen LogP contribution in [0.2, 0.25) is 0 Å².